The Morgan fingerprint density at radius 3 is 2.59 bits per heavy atom. The molecule has 4 atom stereocenters. The van der Waals surface area contributed by atoms with Gasteiger partial charge in [0.2, 0.25) is 0 Å². The normalized spacial score (nSPS) is 18.4. The minimum atomic E-state index is -1.05. The van der Waals surface area contributed by atoms with Crippen LogP contribution in [0, 0.1) is 5.92 Å². The lowest BCUT2D eigenvalue weighted by Crippen LogP contribution is -2.28. The van der Waals surface area contributed by atoms with Crippen molar-refractivity contribution in [2.45, 2.75) is 82.8 Å². The molecule has 220 valence electrons. The summed E-state index contributed by atoms with van der Waals surface area (Å²) in [5.74, 6) is 0.107. The molecular weight excluding hydrogens is 514 g/mol. The Kier molecular flexibility index (Phi) is 10.8. The van der Waals surface area contributed by atoms with E-state index >= 15 is 0 Å². The summed E-state index contributed by atoms with van der Waals surface area (Å²) in [5, 5.41) is 27.7. The lowest BCUT2D eigenvalue weighted by molar-refractivity contribution is -0.131. The van der Waals surface area contributed by atoms with Crippen LogP contribution in [0.5, 0.6) is 0 Å². The molecule has 0 bridgehead atoms. The number of aromatic nitrogens is 1. The summed E-state index contributed by atoms with van der Waals surface area (Å²) in [7, 11) is 0. The molecule has 0 spiro atoms. The molecule has 0 unspecified atom stereocenters. The maximum atomic E-state index is 11.8. The van der Waals surface area contributed by atoms with Gasteiger partial charge in [0.1, 0.15) is 0 Å². The number of aliphatic imine (C=N–C) groups is 1. The molecule has 0 amide bonds. The maximum Gasteiger partial charge on any atom is 0.328 e. The number of H-pyrrole nitrogens is 1. The molecule has 7 N–H and O–H groups in total. The summed E-state index contributed by atoms with van der Waals surface area (Å²) in [6.07, 6.45) is 11.0. The third kappa shape index (κ3) is 8.60. The van der Waals surface area contributed by atoms with E-state index in [9.17, 15) is 15.0 Å². The summed E-state index contributed by atoms with van der Waals surface area (Å²) in [4.78, 5) is 19.1. The number of nitrogens with one attached hydrogen (secondary N) is 1. The molecule has 41 heavy (non-hydrogen) atoms. The molecular formula is C33H44N5O3-. The van der Waals surface area contributed by atoms with Crippen molar-refractivity contribution < 1.29 is 15.0 Å². The van der Waals surface area contributed by atoms with E-state index in [-0.39, 0.29) is 30.4 Å². The highest BCUT2D eigenvalue weighted by molar-refractivity contribution is 5.84. The second-order valence-electron chi connectivity index (χ2n) is 11.3. The van der Waals surface area contributed by atoms with Crippen LogP contribution in [0.25, 0.3) is 16.1 Å². The zero-order valence-corrected chi connectivity index (χ0v) is 24.0. The Morgan fingerprint density at radius 2 is 1.90 bits per heavy atom. The number of benzene rings is 2. The van der Waals surface area contributed by atoms with Crippen molar-refractivity contribution in [2.75, 3.05) is 6.54 Å². The molecule has 8 heteroatoms. The first-order chi connectivity index (χ1) is 19.8. The molecule has 2 aromatic carbocycles. The van der Waals surface area contributed by atoms with Gasteiger partial charge in [-0.05, 0) is 83.9 Å². The van der Waals surface area contributed by atoms with E-state index in [1.807, 2.05) is 12.1 Å². The Balaban J connectivity index is 1.65. The fourth-order valence-electron chi connectivity index (χ4n) is 6.22. The Labute approximate surface area is 242 Å². The zero-order valence-electron chi connectivity index (χ0n) is 24.0. The number of nitrogens with two attached hydrogens (primary N) is 2. The first kappa shape index (κ1) is 30.2. The fraction of sp³-hybridized carbons (Fsp3) is 0.455. The lowest BCUT2D eigenvalue weighted by Gasteiger charge is -2.39. The number of aryl methyl sites for hydroxylation is 1. The molecule has 0 saturated heterocycles. The van der Waals surface area contributed by atoms with Crippen LogP contribution < -0.4 is 11.5 Å². The summed E-state index contributed by atoms with van der Waals surface area (Å²) in [6.45, 7) is 2.22. The number of rotatable bonds is 15. The van der Waals surface area contributed by atoms with E-state index in [4.69, 9.17) is 16.8 Å². The van der Waals surface area contributed by atoms with E-state index in [0.29, 0.717) is 17.8 Å². The largest absolute Gasteiger partial charge is 0.478 e. The molecule has 8 nitrogen and oxygen atoms in total. The number of carbonyl (C=O) groups is 1. The Hall–Kier alpha value is -3.78. The molecule has 1 aromatic heterocycles. The predicted molar refractivity (Wildman–Crippen MR) is 166 cm³/mol. The van der Waals surface area contributed by atoms with E-state index in [2.05, 4.69) is 53.3 Å². The number of aliphatic hydroxyl groups is 1. The van der Waals surface area contributed by atoms with Crippen molar-refractivity contribution in [3.05, 3.63) is 82.8 Å². The van der Waals surface area contributed by atoms with Crippen molar-refractivity contribution in [1.82, 2.24) is 4.98 Å². The lowest BCUT2D eigenvalue weighted by atomic mass is 9.69. The van der Waals surface area contributed by atoms with Crippen molar-refractivity contribution in [3.63, 3.8) is 0 Å². The van der Waals surface area contributed by atoms with E-state index in [0.717, 1.165) is 51.4 Å². The molecule has 0 fully saturated rings. The number of unbranched alkanes of at least 4 members (excludes halogenated alkanes) is 1. The topological polar surface area (TPSA) is 152 Å². The molecule has 0 radical (unpaired) electrons. The van der Waals surface area contributed by atoms with E-state index in [1.54, 1.807) is 6.20 Å². The Morgan fingerprint density at radius 1 is 1.15 bits per heavy atom. The van der Waals surface area contributed by atoms with Gasteiger partial charge < -0.3 is 32.0 Å². The third-order valence-corrected chi connectivity index (χ3v) is 8.29. The first-order valence-corrected chi connectivity index (χ1v) is 14.9. The molecule has 3 aromatic rings. The van der Waals surface area contributed by atoms with Crippen LogP contribution >= 0.6 is 0 Å². The summed E-state index contributed by atoms with van der Waals surface area (Å²) >= 11 is 0. The summed E-state index contributed by atoms with van der Waals surface area (Å²) in [5.41, 5.74) is 14.6. The molecule has 1 aliphatic carbocycles. The van der Waals surface area contributed by atoms with Crippen LogP contribution in [-0.4, -0.2) is 45.8 Å². The van der Waals surface area contributed by atoms with Gasteiger partial charge in [0.15, 0.2) is 5.96 Å². The smallest absolute Gasteiger partial charge is 0.328 e. The molecule has 4 rings (SSSR count). The minimum absolute atomic E-state index is 0.0751. The summed E-state index contributed by atoms with van der Waals surface area (Å²) in [6, 6.07) is 16.5. The van der Waals surface area contributed by atoms with Gasteiger partial charge in [-0.25, -0.2) is 9.79 Å². The van der Waals surface area contributed by atoms with Gasteiger partial charge in [-0.15, -0.1) is 0 Å². The average molecular weight is 559 g/mol. The Bertz CT molecular complexity index is 1330. The number of carboxylic acids is 1. The van der Waals surface area contributed by atoms with Crippen LogP contribution in [0.1, 0.15) is 75.3 Å². The number of nitrogens with zero attached hydrogens (tertiary/aromatic N) is 2. The van der Waals surface area contributed by atoms with E-state index < -0.39 is 12.0 Å². The second kappa shape index (κ2) is 14.7. The van der Waals surface area contributed by atoms with Crippen LogP contribution in [0.2, 0.25) is 0 Å². The maximum absolute atomic E-state index is 11.8. The zero-order chi connectivity index (χ0) is 29.2. The highest BCUT2D eigenvalue weighted by atomic mass is 16.4. The fourth-order valence-corrected chi connectivity index (χ4v) is 6.22. The molecule has 1 aliphatic rings. The highest BCUT2D eigenvalue weighted by Crippen LogP contribution is 2.45. The van der Waals surface area contributed by atoms with Crippen LogP contribution in [0.4, 0.5) is 5.82 Å². The number of guanidine groups is 1. The minimum Gasteiger partial charge on any atom is -0.478 e. The number of hydrogen-bond donors (Lipinski definition) is 5. The molecule has 0 aliphatic heterocycles. The van der Waals surface area contributed by atoms with Crippen LogP contribution in [0.15, 0.2) is 71.4 Å². The standard InChI is InChI=1S/C33H44N5O3/c1-2-3-10-27(39)11-6-12-28-25(15-14-24-17-22-8-4-5-9-23(22)18-29(24)28)19-30(38-31-13-7-16-36-31)26(20-32(40)41)21-37-33(34)35/h4-5,7-9,13,16-18,20,25,27-28,30,36,39H,2-3,6,10-12,14-15,19,21H2,1H3,(H,40,41)(H4,34,35,37)/q-1/b26-20+/t25-,27+,28-,30-/m1/s1. The number of fused-ring (bicyclic) bond motifs is 2. The van der Waals surface area contributed by atoms with Crippen molar-refractivity contribution in [1.29, 1.82) is 0 Å². The van der Waals surface area contributed by atoms with Gasteiger partial charge in [0.25, 0.3) is 0 Å². The van der Waals surface area contributed by atoms with Crippen molar-refractivity contribution in [3.8, 4) is 0 Å². The number of carboxylic acid groups (broad SMARTS) is 1. The number of hydrogen-bond acceptors (Lipinski definition) is 3. The van der Waals surface area contributed by atoms with Gasteiger partial charge in [0, 0.05) is 6.08 Å². The molecule has 0 saturated carbocycles. The molecule has 1 heterocycles. The van der Waals surface area contributed by atoms with Gasteiger partial charge in [-0.1, -0.05) is 86.7 Å². The van der Waals surface area contributed by atoms with Crippen LogP contribution in [0.3, 0.4) is 0 Å². The first-order valence-electron chi connectivity index (χ1n) is 14.9. The van der Waals surface area contributed by atoms with Crippen molar-refractivity contribution >= 4 is 28.5 Å². The highest BCUT2D eigenvalue weighted by Gasteiger charge is 2.32. The van der Waals surface area contributed by atoms with Gasteiger partial charge in [-0.3, -0.25) is 0 Å². The van der Waals surface area contributed by atoms with Gasteiger partial charge in [0.05, 0.1) is 12.6 Å². The van der Waals surface area contributed by atoms with Crippen molar-refractivity contribution in [2.24, 2.45) is 22.4 Å². The number of aliphatic hydroxyl groups excluding tert-OH is 1. The van der Waals surface area contributed by atoms with Gasteiger partial charge >= 0.3 is 5.97 Å². The monoisotopic (exact) mass is 558 g/mol. The van der Waals surface area contributed by atoms with Crippen LogP contribution in [-0.2, 0) is 11.2 Å². The average Bonchev–Trinajstić information content (AvgIpc) is 3.46. The number of aromatic amines is 1. The third-order valence-electron chi connectivity index (χ3n) is 8.29. The van der Waals surface area contributed by atoms with E-state index in [1.165, 1.54) is 28.0 Å². The number of aliphatic carboxylic acids is 1. The second-order valence-corrected chi connectivity index (χ2v) is 11.3. The summed E-state index contributed by atoms with van der Waals surface area (Å²) < 4.78 is 0. The SMILES string of the molecule is CCCC[C@H](O)CCC[C@H]1c2cc3ccccc3cc2CC[C@@H]1C[C@@H]([N-]c1ccc[nH]1)/C(=C/C(=O)O)CN=C(N)N. The quantitative estimate of drug-likeness (QED) is 0.0844. The predicted octanol–water partition coefficient (Wildman–Crippen LogP) is 6.28. The van der Waals surface area contributed by atoms with Gasteiger partial charge in [-0.2, -0.15) is 0 Å².